The molecule has 1 aromatic heterocycles. The van der Waals surface area contributed by atoms with Gasteiger partial charge in [0.1, 0.15) is 5.75 Å². The Morgan fingerprint density at radius 2 is 1.89 bits per heavy atom. The summed E-state index contributed by atoms with van der Waals surface area (Å²) in [6.45, 7) is 7.18. The molecule has 1 N–H and O–H groups in total. The Balaban J connectivity index is 2.11. The van der Waals surface area contributed by atoms with Gasteiger partial charge in [-0.05, 0) is 54.3 Å². The highest BCUT2D eigenvalue weighted by molar-refractivity contribution is 7.99. The average Bonchev–Trinajstić information content (AvgIpc) is 2.93. The van der Waals surface area contributed by atoms with Gasteiger partial charge in [0, 0.05) is 27.7 Å². The molecule has 3 nitrogen and oxygen atoms in total. The number of rotatable bonds is 7. The van der Waals surface area contributed by atoms with Crippen LogP contribution in [0.15, 0.2) is 58.5 Å². The number of aromatic nitrogens is 1. The Hall–Kier alpha value is -1.88. The summed E-state index contributed by atoms with van der Waals surface area (Å²) in [4.78, 5) is 1.09. The highest BCUT2D eigenvalue weighted by Gasteiger charge is 2.23. The first-order valence-corrected chi connectivity index (χ1v) is 10.5. The zero-order chi connectivity index (χ0) is 20.3. The van der Waals surface area contributed by atoms with Crippen LogP contribution in [0.3, 0.4) is 0 Å². The summed E-state index contributed by atoms with van der Waals surface area (Å²) in [6.07, 6.45) is 0. The standard InChI is InChI=1S/C23H26ClNO2S/c1-15(2)22-21(14-26)16(3)25(13-17-7-5-9-19(11-17)27-4)23(22)28-20-10-6-8-18(24)12-20/h5-12,15,26H,13-14H2,1-4H3. The van der Waals surface area contributed by atoms with E-state index < -0.39 is 0 Å². The highest BCUT2D eigenvalue weighted by Crippen LogP contribution is 2.40. The van der Waals surface area contributed by atoms with Crippen LogP contribution in [0.5, 0.6) is 5.75 Å². The summed E-state index contributed by atoms with van der Waals surface area (Å²) in [5.74, 6) is 1.15. The molecule has 0 bridgehead atoms. The molecule has 0 radical (unpaired) electrons. The molecule has 0 unspecified atom stereocenters. The monoisotopic (exact) mass is 415 g/mol. The van der Waals surface area contributed by atoms with E-state index in [-0.39, 0.29) is 6.61 Å². The van der Waals surface area contributed by atoms with Gasteiger partial charge < -0.3 is 14.4 Å². The van der Waals surface area contributed by atoms with Crippen LogP contribution in [0.1, 0.15) is 42.1 Å². The van der Waals surface area contributed by atoms with Gasteiger partial charge in [0.15, 0.2) is 0 Å². The fraction of sp³-hybridized carbons (Fsp3) is 0.304. The van der Waals surface area contributed by atoms with E-state index in [2.05, 4.69) is 43.5 Å². The van der Waals surface area contributed by atoms with Crippen molar-refractivity contribution < 1.29 is 9.84 Å². The molecule has 0 saturated heterocycles. The van der Waals surface area contributed by atoms with E-state index in [9.17, 15) is 5.11 Å². The predicted molar refractivity (Wildman–Crippen MR) is 117 cm³/mol. The molecule has 3 rings (SSSR count). The summed E-state index contributed by atoms with van der Waals surface area (Å²) in [6, 6.07) is 16.0. The SMILES string of the molecule is COc1cccc(Cn2c(C)c(CO)c(C(C)C)c2Sc2cccc(Cl)c2)c1. The number of hydrogen-bond acceptors (Lipinski definition) is 3. The number of ether oxygens (including phenoxy) is 1. The number of hydrogen-bond donors (Lipinski definition) is 1. The Bertz CT molecular complexity index is 965. The van der Waals surface area contributed by atoms with Crippen LogP contribution in [0.25, 0.3) is 0 Å². The van der Waals surface area contributed by atoms with Crippen molar-refractivity contribution in [3.63, 3.8) is 0 Å². The van der Waals surface area contributed by atoms with Crippen LogP contribution in [-0.2, 0) is 13.2 Å². The van der Waals surface area contributed by atoms with Crippen molar-refractivity contribution in [2.24, 2.45) is 0 Å². The number of nitrogens with zero attached hydrogens (tertiary/aromatic N) is 1. The molecule has 0 aliphatic carbocycles. The van der Waals surface area contributed by atoms with Crippen molar-refractivity contribution in [2.75, 3.05) is 7.11 Å². The molecule has 0 aliphatic rings. The lowest BCUT2D eigenvalue weighted by molar-refractivity contribution is 0.279. The first-order valence-electron chi connectivity index (χ1n) is 9.33. The van der Waals surface area contributed by atoms with E-state index in [1.807, 2.05) is 30.3 Å². The summed E-state index contributed by atoms with van der Waals surface area (Å²) in [7, 11) is 1.68. The van der Waals surface area contributed by atoms with Gasteiger partial charge in [-0.3, -0.25) is 0 Å². The Morgan fingerprint density at radius 1 is 1.14 bits per heavy atom. The van der Waals surface area contributed by atoms with E-state index in [0.717, 1.165) is 37.5 Å². The maximum Gasteiger partial charge on any atom is 0.119 e. The van der Waals surface area contributed by atoms with Crippen molar-refractivity contribution in [3.8, 4) is 5.75 Å². The summed E-state index contributed by atoms with van der Waals surface area (Å²) < 4.78 is 7.67. The van der Waals surface area contributed by atoms with Crippen molar-refractivity contribution in [1.82, 2.24) is 4.57 Å². The predicted octanol–water partition coefficient (Wildman–Crippen LogP) is 6.27. The molecule has 0 aliphatic heterocycles. The lowest BCUT2D eigenvalue weighted by Crippen LogP contribution is -2.04. The molecule has 0 atom stereocenters. The largest absolute Gasteiger partial charge is 0.497 e. The molecule has 0 saturated carbocycles. The fourth-order valence-corrected chi connectivity index (χ4v) is 5.07. The molecular weight excluding hydrogens is 390 g/mol. The van der Waals surface area contributed by atoms with Crippen LogP contribution in [-0.4, -0.2) is 16.8 Å². The zero-order valence-electron chi connectivity index (χ0n) is 16.7. The van der Waals surface area contributed by atoms with Gasteiger partial charge in [-0.2, -0.15) is 0 Å². The van der Waals surface area contributed by atoms with Gasteiger partial charge in [0.05, 0.1) is 18.7 Å². The third-order valence-electron chi connectivity index (χ3n) is 4.86. The van der Waals surface area contributed by atoms with Crippen LogP contribution in [0.4, 0.5) is 0 Å². The summed E-state index contributed by atoms with van der Waals surface area (Å²) in [5.41, 5.74) is 4.47. The minimum absolute atomic E-state index is 0.0353. The number of aliphatic hydroxyl groups is 1. The number of methoxy groups -OCH3 is 1. The van der Waals surface area contributed by atoms with Crippen molar-refractivity contribution in [2.45, 2.75) is 49.8 Å². The minimum atomic E-state index is 0.0353. The lowest BCUT2D eigenvalue weighted by Gasteiger charge is -2.15. The van der Waals surface area contributed by atoms with Gasteiger partial charge in [-0.1, -0.05) is 55.4 Å². The smallest absolute Gasteiger partial charge is 0.119 e. The number of aliphatic hydroxyl groups excluding tert-OH is 1. The first-order chi connectivity index (χ1) is 13.4. The molecular formula is C23H26ClNO2S. The molecule has 1 heterocycles. The lowest BCUT2D eigenvalue weighted by atomic mass is 10.0. The van der Waals surface area contributed by atoms with Gasteiger partial charge in [0.2, 0.25) is 0 Å². The molecule has 0 fully saturated rings. The topological polar surface area (TPSA) is 34.4 Å². The number of halogens is 1. The van der Waals surface area contributed by atoms with E-state index in [4.69, 9.17) is 16.3 Å². The molecule has 5 heteroatoms. The maximum atomic E-state index is 10.1. The third-order valence-corrected chi connectivity index (χ3v) is 6.22. The van der Waals surface area contributed by atoms with E-state index in [0.29, 0.717) is 12.5 Å². The second-order valence-corrected chi connectivity index (χ2v) is 8.59. The van der Waals surface area contributed by atoms with Gasteiger partial charge in [-0.15, -0.1) is 0 Å². The highest BCUT2D eigenvalue weighted by atomic mass is 35.5. The zero-order valence-corrected chi connectivity index (χ0v) is 18.3. The summed E-state index contributed by atoms with van der Waals surface area (Å²) >= 11 is 7.91. The van der Waals surface area contributed by atoms with Crippen LogP contribution < -0.4 is 4.74 Å². The first kappa shape index (κ1) is 20.8. The summed E-state index contributed by atoms with van der Waals surface area (Å²) in [5, 5.41) is 12.0. The van der Waals surface area contributed by atoms with Crippen LogP contribution in [0.2, 0.25) is 5.02 Å². The Morgan fingerprint density at radius 3 is 2.54 bits per heavy atom. The van der Waals surface area contributed by atoms with Crippen molar-refractivity contribution >= 4 is 23.4 Å². The molecule has 0 spiro atoms. The molecule has 2 aromatic carbocycles. The van der Waals surface area contributed by atoms with Gasteiger partial charge >= 0.3 is 0 Å². The van der Waals surface area contributed by atoms with E-state index in [1.54, 1.807) is 18.9 Å². The van der Waals surface area contributed by atoms with Gasteiger partial charge in [-0.25, -0.2) is 0 Å². The van der Waals surface area contributed by atoms with Crippen molar-refractivity contribution in [3.05, 3.63) is 75.9 Å². The van der Waals surface area contributed by atoms with Crippen molar-refractivity contribution in [1.29, 1.82) is 0 Å². The molecule has 0 amide bonds. The number of benzene rings is 2. The van der Waals surface area contributed by atoms with Gasteiger partial charge in [0.25, 0.3) is 0 Å². The second kappa shape index (κ2) is 9.08. The molecule has 3 aromatic rings. The fourth-order valence-electron chi connectivity index (χ4n) is 3.48. The second-order valence-electron chi connectivity index (χ2n) is 7.09. The molecule has 28 heavy (non-hydrogen) atoms. The van der Waals surface area contributed by atoms with Crippen LogP contribution >= 0.6 is 23.4 Å². The quantitative estimate of drug-likeness (QED) is 0.493. The Labute approximate surface area is 176 Å². The third kappa shape index (κ3) is 4.40. The molecule has 148 valence electrons. The van der Waals surface area contributed by atoms with Crippen LogP contribution in [0, 0.1) is 6.92 Å². The van der Waals surface area contributed by atoms with E-state index >= 15 is 0 Å². The Kier molecular flexibility index (Phi) is 6.76. The average molecular weight is 416 g/mol. The normalized spacial score (nSPS) is 11.2. The van der Waals surface area contributed by atoms with E-state index in [1.165, 1.54) is 5.56 Å². The minimum Gasteiger partial charge on any atom is -0.497 e. The maximum absolute atomic E-state index is 10.1.